The number of para-hydroxylation sites is 1. The van der Waals surface area contributed by atoms with Crippen molar-refractivity contribution in [2.75, 3.05) is 18.5 Å². The Morgan fingerprint density at radius 1 is 1.47 bits per heavy atom. The molecule has 1 saturated carbocycles. The van der Waals surface area contributed by atoms with Crippen LogP contribution in [0, 0.1) is 16.0 Å². The number of anilines is 1. The van der Waals surface area contributed by atoms with Gasteiger partial charge in [0, 0.05) is 6.54 Å². The SMILES string of the molecule is CCCNc1cccc(OCCC2CC2)c1[N+](=O)[O-]. The van der Waals surface area contributed by atoms with Crippen molar-refractivity contribution < 1.29 is 9.66 Å². The van der Waals surface area contributed by atoms with E-state index in [0.717, 1.165) is 18.8 Å². The van der Waals surface area contributed by atoms with Crippen molar-refractivity contribution in [1.29, 1.82) is 0 Å². The smallest absolute Gasteiger partial charge is 0.333 e. The Bertz CT molecular complexity index is 444. The second-order valence-electron chi connectivity index (χ2n) is 4.92. The van der Waals surface area contributed by atoms with Gasteiger partial charge in [-0.1, -0.05) is 25.8 Å². The highest BCUT2D eigenvalue weighted by Crippen LogP contribution is 2.36. The summed E-state index contributed by atoms with van der Waals surface area (Å²) in [6.45, 7) is 3.30. The maximum absolute atomic E-state index is 11.2. The normalized spacial score (nSPS) is 14.2. The Morgan fingerprint density at radius 3 is 2.89 bits per heavy atom. The van der Waals surface area contributed by atoms with Crippen molar-refractivity contribution in [3.63, 3.8) is 0 Å². The molecule has 0 radical (unpaired) electrons. The molecule has 0 bridgehead atoms. The third kappa shape index (κ3) is 3.84. The van der Waals surface area contributed by atoms with Crippen molar-refractivity contribution in [2.45, 2.75) is 32.6 Å². The van der Waals surface area contributed by atoms with Gasteiger partial charge in [0.05, 0.1) is 11.5 Å². The van der Waals surface area contributed by atoms with Gasteiger partial charge in [0.2, 0.25) is 0 Å². The number of hydrogen-bond acceptors (Lipinski definition) is 4. The number of ether oxygens (including phenoxy) is 1. The zero-order chi connectivity index (χ0) is 13.7. The molecule has 19 heavy (non-hydrogen) atoms. The molecule has 1 fully saturated rings. The molecule has 1 aliphatic rings. The fourth-order valence-electron chi connectivity index (χ4n) is 1.97. The minimum absolute atomic E-state index is 0.0479. The van der Waals surface area contributed by atoms with Crippen LogP contribution in [0.5, 0.6) is 5.75 Å². The van der Waals surface area contributed by atoms with E-state index in [9.17, 15) is 10.1 Å². The molecule has 5 nitrogen and oxygen atoms in total. The molecule has 0 saturated heterocycles. The third-order valence-electron chi connectivity index (χ3n) is 3.23. The van der Waals surface area contributed by atoms with Gasteiger partial charge in [-0.15, -0.1) is 0 Å². The lowest BCUT2D eigenvalue weighted by Gasteiger charge is -2.10. The molecule has 1 N–H and O–H groups in total. The van der Waals surface area contributed by atoms with Crippen molar-refractivity contribution in [1.82, 2.24) is 0 Å². The number of hydrogen-bond donors (Lipinski definition) is 1. The van der Waals surface area contributed by atoms with Crippen LogP contribution >= 0.6 is 0 Å². The lowest BCUT2D eigenvalue weighted by Crippen LogP contribution is -2.06. The maximum Gasteiger partial charge on any atom is 0.333 e. The fraction of sp³-hybridized carbons (Fsp3) is 0.571. The van der Waals surface area contributed by atoms with Crippen molar-refractivity contribution in [3.8, 4) is 5.75 Å². The van der Waals surface area contributed by atoms with Gasteiger partial charge in [0.25, 0.3) is 0 Å². The molecule has 1 aromatic rings. The van der Waals surface area contributed by atoms with Crippen molar-refractivity contribution in [2.24, 2.45) is 5.92 Å². The largest absolute Gasteiger partial charge is 0.487 e. The van der Waals surface area contributed by atoms with E-state index in [2.05, 4.69) is 5.32 Å². The molecule has 1 aromatic carbocycles. The van der Waals surface area contributed by atoms with Crippen molar-refractivity contribution in [3.05, 3.63) is 28.3 Å². The zero-order valence-electron chi connectivity index (χ0n) is 11.2. The van der Waals surface area contributed by atoms with Crippen LogP contribution in [0.4, 0.5) is 11.4 Å². The predicted octanol–water partition coefficient (Wildman–Crippen LogP) is 3.60. The van der Waals surface area contributed by atoms with Crippen LogP contribution in [0.25, 0.3) is 0 Å². The number of nitrogens with one attached hydrogen (secondary N) is 1. The predicted molar refractivity (Wildman–Crippen MR) is 74.7 cm³/mol. The first-order chi connectivity index (χ1) is 9.22. The van der Waals surface area contributed by atoms with Crippen LogP contribution in [-0.2, 0) is 0 Å². The molecule has 5 heteroatoms. The van der Waals surface area contributed by atoms with Crippen LogP contribution in [0.2, 0.25) is 0 Å². The maximum atomic E-state index is 11.2. The first-order valence-corrected chi connectivity index (χ1v) is 6.86. The fourth-order valence-corrected chi connectivity index (χ4v) is 1.97. The second kappa shape index (κ2) is 6.41. The molecule has 0 heterocycles. The second-order valence-corrected chi connectivity index (χ2v) is 4.92. The number of benzene rings is 1. The van der Waals surface area contributed by atoms with Crippen LogP contribution in [0.15, 0.2) is 18.2 Å². The summed E-state index contributed by atoms with van der Waals surface area (Å²) in [5.74, 6) is 1.13. The summed E-state index contributed by atoms with van der Waals surface area (Å²) in [5, 5.41) is 14.3. The number of nitrogens with zero attached hydrogens (tertiary/aromatic N) is 1. The van der Waals surface area contributed by atoms with Gasteiger partial charge in [0.1, 0.15) is 5.69 Å². The summed E-state index contributed by atoms with van der Waals surface area (Å²) in [4.78, 5) is 10.8. The van der Waals surface area contributed by atoms with Gasteiger partial charge in [-0.3, -0.25) is 10.1 Å². The van der Waals surface area contributed by atoms with E-state index in [-0.39, 0.29) is 10.6 Å². The molecule has 0 spiro atoms. The van der Waals surface area contributed by atoms with E-state index >= 15 is 0 Å². The summed E-state index contributed by atoms with van der Waals surface area (Å²) < 4.78 is 5.59. The molecular weight excluding hydrogens is 244 g/mol. The van der Waals surface area contributed by atoms with Crippen LogP contribution < -0.4 is 10.1 Å². The summed E-state index contributed by atoms with van der Waals surface area (Å²) >= 11 is 0. The minimum Gasteiger partial charge on any atom is -0.487 e. The standard InChI is InChI=1S/C14H20N2O3/c1-2-9-15-12-4-3-5-13(14(12)16(17)18)19-10-8-11-6-7-11/h3-5,11,15H,2,6-10H2,1H3. The average Bonchev–Trinajstić information content (AvgIpc) is 3.20. The molecule has 0 aliphatic heterocycles. The highest BCUT2D eigenvalue weighted by molar-refractivity contribution is 5.68. The quantitative estimate of drug-likeness (QED) is 0.575. The first-order valence-electron chi connectivity index (χ1n) is 6.86. The van der Waals surface area contributed by atoms with E-state index in [0.29, 0.717) is 24.6 Å². The summed E-state index contributed by atoms with van der Waals surface area (Å²) in [5.41, 5.74) is 0.586. The Morgan fingerprint density at radius 2 is 2.26 bits per heavy atom. The Kier molecular flexibility index (Phi) is 4.60. The molecule has 0 amide bonds. The molecule has 104 valence electrons. The lowest BCUT2D eigenvalue weighted by atomic mass is 10.2. The summed E-state index contributed by atoms with van der Waals surface area (Å²) in [6.07, 6.45) is 4.45. The molecule has 0 atom stereocenters. The van der Waals surface area contributed by atoms with Crippen LogP contribution in [0.3, 0.4) is 0 Å². The molecule has 0 aromatic heterocycles. The average molecular weight is 264 g/mol. The minimum atomic E-state index is -0.371. The number of nitro groups is 1. The van der Waals surface area contributed by atoms with E-state index in [1.807, 2.05) is 6.92 Å². The van der Waals surface area contributed by atoms with Crippen molar-refractivity contribution >= 4 is 11.4 Å². The van der Waals surface area contributed by atoms with Crippen LogP contribution in [0.1, 0.15) is 32.6 Å². The van der Waals surface area contributed by atoms with Gasteiger partial charge in [-0.2, -0.15) is 0 Å². The van der Waals surface area contributed by atoms with E-state index < -0.39 is 0 Å². The topological polar surface area (TPSA) is 64.4 Å². The van der Waals surface area contributed by atoms with E-state index in [1.165, 1.54) is 12.8 Å². The highest BCUT2D eigenvalue weighted by atomic mass is 16.6. The van der Waals surface area contributed by atoms with Crippen LogP contribution in [-0.4, -0.2) is 18.1 Å². The third-order valence-corrected chi connectivity index (χ3v) is 3.23. The van der Waals surface area contributed by atoms with Gasteiger partial charge in [-0.05, 0) is 30.9 Å². The number of rotatable bonds is 8. The van der Waals surface area contributed by atoms with Gasteiger partial charge >= 0.3 is 5.69 Å². The molecule has 2 rings (SSSR count). The first kappa shape index (κ1) is 13.6. The van der Waals surface area contributed by atoms with Gasteiger partial charge in [0.15, 0.2) is 5.75 Å². The summed E-state index contributed by atoms with van der Waals surface area (Å²) in [6, 6.07) is 5.18. The molecule has 1 aliphatic carbocycles. The van der Waals surface area contributed by atoms with E-state index in [1.54, 1.807) is 18.2 Å². The highest BCUT2D eigenvalue weighted by Gasteiger charge is 2.23. The van der Waals surface area contributed by atoms with Gasteiger partial charge in [-0.25, -0.2) is 0 Å². The lowest BCUT2D eigenvalue weighted by molar-refractivity contribution is -0.385. The molecular formula is C14H20N2O3. The molecule has 0 unspecified atom stereocenters. The Balaban J connectivity index is 2.07. The number of nitro benzene ring substituents is 1. The summed E-state index contributed by atoms with van der Waals surface area (Å²) in [7, 11) is 0. The van der Waals surface area contributed by atoms with E-state index in [4.69, 9.17) is 4.74 Å². The zero-order valence-corrected chi connectivity index (χ0v) is 11.2. The van der Waals surface area contributed by atoms with Gasteiger partial charge < -0.3 is 10.1 Å². The Hall–Kier alpha value is -1.78. The Labute approximate surface area is 113 Å². The monoisotopic (exact) mass is 264 g/mol.